The monoisotopic (exact) mass is 339 g/mol. The standard InChI is InChI=1S/C17H26ClN3O2/c1-14-4-3-9-21(13-14)10-7-19-17(22)20-8-11-23-16-6-2-5-15(18)12-16/h2,5-6,12,14H,3-4,7-11,13H2,1H3,(H2,19,20,22). The molecule has 0 spiro atoms. The number of halogens is 1. The van der Waals surface area contributed by atoms with Crippen LogP contribution in [-0.2, 0) is 0 Å². The van der Waals surface area contributed by atoms with E-state index in [1.165, 1.54) is 12.8 Å². The molecule has 0 aromatic heterocycles. The summed E-state index contributed by atoms with van der Waals surface area (Å²) in [4.78, 5) is 14.1. The van der Waals surface area contributed by atoms with Gasteiger partial charge in [-0.2, -0.15) is 0 Å². The van der Waals surface area contributed by atoms with Gasteiger partial charge in [-0.15, -0.1) is 0 Å². The molecule has 1 fully saturated rings. The quantitative estimate of drug-likeness (QED) is 0.751. The van der Waals surface area contributed by atoms with Gasteiger partial charge in [-0.1, -0.05) is 24.6 Å². The second-order valence-corrected chi connectivity index (χ2v) is 6.47. The van der Waals surface area contributed by atoms with Gasteiger partial charge in [0.05, 0.1) is 6.54 Å². The Labute approximate surface area is 143 Å². The van der Waals surface area contributed by atoms with E-state index in [1.807, 2.05) is 12.1 Å². The minimum atomic E-state index is -0.148. The maximum Gasteiger partial charge on any atom is 0.314 e. The van der Waals surface area contributed by atoms with Gasteiger partial charge in [-0.05, 0) is 43.5 Å². The Kier molecular flexibility index (Phi) is 7.49. The van der Waals surface area contributed by atoms with Crippen molar-refractivity contribution in [2.45, 2.75) is 19.8 Å². The molecule has 2 rings (SSSR count). The molecule has 1 aliphatic rings. The molecular formula is C17H26ClN3O2. The molecule has 23 heavy (non-hydrogen) atoms. The highest BCUT2D eigenvalue weighted by Gasteiger charge is 2.15. The van der Waals surface area contributed by atoms with E-state index < -0.39 is 0 Å². The SMILES string of the molecule is CC1CCCN(CCNC(=O)NCCOc2cccc(Cl)c2)C1. The number of nitrogens with one attached hydrogen (secondary N) is 2. The van der Waals surface area contributed by atoms with Gasteiger partial charge in [-0.3, -0.25) is 0 Å². The summed E-state index contributed by atoms with van der Waals surface area (Å²) >= 11 is 5.87. The largest absolute Gasteiger partial charge is 0.492 e. The van der Waals surface area contributed by atoms with Gasteiger partial charge in [-0.25, -0.2) is 4.79 Å². The lowest BCUT2D eigenvalue weighted by molar-refractivity contribution is 0.183. The van der Waals surface area contributed by atoms with Crippen molar-refractivity contribution in [2.24, 2.45) is 5.92 Å². The molecule has 1 aliphatic heterocycles. The average Bonchev–Trinajstić information content (AvgIpc) is 2.52. The predicted molar refractivity (Wildman–Crippen MR) is 93.2 cm³/mol. The number of hydrogen-bond acceptors (Lipinski definition) is 3. The highest BCUT2D eigenvalue weighted by molar-refractivity contribution is 6.30. The Bertz CT molecular complexity index is 498. The molecule has 1 heterocycles. The van der Waals surface area contributed by atoms with Crippen LogP contribution in [0.1, 0.15) is 19.8 Å². The third kappa shape index (κ3) is 7.10. The summed E-state index contributed by atoms with van der Waals surface area (Å²) in [6.45, 7) is 7.02. The van der Waals surface area contributed by atoms with E-state index >= 15 is 0 Å². The van der Waals surface area contributed by atoms with E-state index in [0.717, 1.165) is 25.6 Å². The second-order valence-electron chi connectivity index (χ2n) is 6.04. The lowest BCUT2D eigenvalue weighted by Gasteiger charge is -2.30. The fourth-order valence-corrected chi connectivity index (χ4v) is 2.95. The van der Waals surface area contributed by atoms with Crippen LogP contribution < -0.4 is 15.4 Å². The predicted octanol–water partition coefficient (Wildman–Crippen LogP) is 2.75. The lowest BCUT2D eigenvalue weighted by atomic mass is 10.0. The molecule has 1 atom stereocenters. The van der Waals surface area contributed by atoms with Crippen molar-refractivity contribution < 1.29 is 9.53 Å². The first kappa shape index (κ1) is 17.9. The van der Waals surface area contributed by atoms with E-state index in [0.29, 0.717) is 30.5 Å². The van der Waals surface area contributed by atoms with Crippen LogP contribution in [0.5, 0.6) is 5.75 Å². The number of piperidine rings is 1. The maximum atomic E-state index is 11.7. The number of amides is 2. The van der Waals surface area contributed by atoms with E-state index in [1.54, 1.807) is 12.1 Å². The van der Waals surface area contributed by atoms with Crippen molar-refractivity contribution in [2.75, 3.05) is 39.3 Å². The molecule has 0 saturated carbocycles. The molecule has 2 amide bonds. The fourth-order valence-electron chi connectivity index (χ4n) is 2.77. The first-order chi connectivity index (χ1) is 11.1. The highest BCUT2D eigenvalue weighted by atomic mass is 35.5. The van der Waals surface area contributed by atoms with Crippen LogP contribution in [-0.4, -0.2) is 50.3 Å². The van der Waals surface area contributed by atoms with Crippen LogP contribution >= 0.6 is 11.6 Å². The number of urea groups is 1. The minimum Gasteiger partial charge on any atom is -0.492 e. The van der Waals surface area contributed by atoms with Gasteiger partial charge in [0.15, 0.2) is 0 Å². The van der Waals surface area contributed by atoms with Crippen LogP contribution in [0.25, 0.3) is 0 Å². The van der Waals surface area contributed by atoms with Crippen LogP contribution in [0.3, 0.4) is 0 Å². The van der Waals surface area contributed by atoms with Gasteiger partial charge >= 0.3 is 6.03 Å². The number of hydrogen-bond donors (Lipinski definition) is 2. The normalized spacial score (nSPS) is 18.4. The van der Waals surface area contributed by atoms with E-state index in [9.17, 15) is 4.79 Å². The van der Waals surface area contributed by atoms with E-state index in [-0.39, 0.29) is 6.03 Å². The molecule has 1 aromatic carbocycles. The van der Waals surface area contributed by atoms with E-state index in [2.05, 4.69) is 22.5 Å². The molecule has 128 valence electrons. The molecule has 6 heteroatoms. The van der Waals surface area contributed by atoms with Crippen LogP contribution in [0.4, 0.5) is 4.79 Å². The van der Waals surface area contributed by atoms with Crippen molar-refractivity contribution >= 4 is 17.6 Å². The summed E-state index contributed by atoms with van der Waals surface area (Å²) in [5, 5.41) is 6.31. The smallest absolute Gasteiger partial charge is 0.314 e. The number of likely N-dealkylation sites (tertiary alicyclic amines) is 1. The topological polar surface area (TPSA) is 53.6 Å². The number of ether oxygens (including phenoxy) is 1. The first-order valence-electron chi connectivity index (χ1n) is 8.26. The Morgan fingerprint density at radius 3 is 3.00 bits per heavy atom. The fraction of sp³-hybridized carbons (Fsp3) is 0.588. The zero-order valence-electron chi connectivity index (χ0n) is 13.7. The Hall–Kier alpha value is -1.46. The molecule has 1 saturated heterocycles. The Morgan fingerprint density at radius 1 is 1.39 bits per heavy atom. The molecule has 0 radical (unpaired) electrons. The van der Waals surface area contributed by atoms with Gasteiger partial charge in [0.25, 0.3) is 0 Å². The zero-order valence-corrected chi connectivity index (χ0v) is 14.4. The molecule has 5 nitrogen and oxygen atoms in total. The molecular weight excluding hydrogens is 314 g/mol. The van der Waals surface area contributed by atoms with Crippen LogP contribution in [0, 0.1) is 5.92 Å². The van der Waals surface area contributed by atoms with Gasteiger partial charge in [0.2, 0.25) is 0 Å². The summed E-state index contributed by atoms with van der Waals surface area (Å²) in [6.07, 6.45) is 2.57. The molecule has 1 aromatic rings. The number of rotatable bonds is 7. The molecule has 2 N–H and O–H groups in total. The van der Waals surface area contributed by atoms with Crippen molar-refractivity contribution in [1.29, 1.82) is 0 Å². The summed E-state index contributed by atoms with van der Waals surface area (Å²) in [5.74, 6) is 1.47. The lowest BCUT2D eigenvalue weighted by Crippen LogP contribution is -2.43. The van der Waals surface area contributed by atoms with E-state index in [4.69, 9.17) is 16.3 Å². The number of benzene rings is 1. The number of nitrogens with zero attached hydrogens (tertiary/aromatic N) is 1. The number of carbonyl (C=O) groups is 1. The highest BCUT2D eigenvalue weighted by Crippen LogP contribution is 2.16. The molecule has 0 aliphatic carbocycles. The van der Waals surface area contributed by atoms with Gasteiger partial charge in [0, 0.05) is 24.7 Å². The third-order valence-corrected chi connectivity index (χ3v) is 4.14. The molecule has 1 unspecified atom stereocenters. The summed E-state index contributed by atoms with van der Waals surface area (Å²) < 4.78 is 5.51. The van der Waals surface area contributed by atoms with Crippen molar-refractivity contribution in [3.05, 3.63) is 29.3 Å². The van der Waals surface area contributed by atoms with Gasteiger partial charge < -0.3 is 20.3 Å². The maximum absolute atomic E-state index is 11.7. The second kappa shape index (κ2) is 9.63. The van der Waals surface area contributed by atoms with Crippen LogP contribution in [0.2, 0.25) is 5.02 Å². The Morgan fingerprint density at radius 2 is 2.22 bits per heavy atom. The summed E-state index contributed by atoms with van der Waals surface area (Å²) in [5.41, 5.74) is 0. The van der Waals surface area contributed by atoms with Crippen molar-refractivity contribution in [3.8, 4) is 5.75 Å². The Balaban J connectivity index is 1.51. The molecule has 0 bridgehead atoms. The summed E-state index contributed by atoms with van der Waals surface area (Å²) in [6, 6.07) is 7.07. The van der Waals surface area contributed by atoms with Crippen LogP contribution in [0.15, 0.2) is 24.3 Å². The van der Waals surface area contributed by atoms with Crippen molar-refractivity contribution in [1.82, 2.24) is 15.5 Å². The van der Waals surface area contributed by atoms with Crippen molar-refractivity contribution in [3.63, 3.8) is 0 Å². The zero-order chi connectivity index (χ0) is 16.5. The summed E-state index contributed by atoms with van der Waals surface area (Å²) in [7, 11) is 0. The number of carbonyl (C=O) groups excluding carboxylic acids is 1. The average molecular weight is 340 g/mol. The third-order valence-electron chi connectivity index (χ3n) is 3.91. The van der Waals surface area contributed by atoms with Gasteiger partial charge in [0.1, 0.15) is 12.4 Å². The first-order valence-corrected chi connectivity index (χ1v) is 8.63. The minimum absolute atomic E-state index is 0.148.